The molecule has 1 aromatic heterocycles. The molecule has 1 aliphatic heterocycles. The molecule has 126 valence electrons. The normalized spacial score (nSPS) is 18.1. The van der Waals surface area contributed by atoms with Gasteiger partial charge < -0.3 is 4.98 Å². The third-order valence-corrected chi connectivity index (χ3v) is 5.68. The van der Waals surface area contributed by atoms with E-state index in [-0.39, 0.29) is 4.75 Å². The van der Waals surface area contributed by atoms with Gasteiger partial charge in [-0.05, 0) is 38.5 Å². The minimum absolute atomic E-state index is 0.104. The minimum Gasteiger partial charge on any atom is -0.353 e. The second-order valence-electron chi connectivity index (χ2n) is 7.12. The van der Waals surface area contributed by atoms with Crippen LogP contribution in [0.5, 0.6) is 0 Å². The Balaban J connectivity index is 1.78. The molecular weight excluding hydrogens is 326 g/mol. The van der Waals surface area contributed by atoms with Crippen LogP contribution in [0.2, 0.25) is 0 Å². The van der Waals surface area contributed by atoms with Crippen molar-refractivity contribution >= 4 is 34.6 Å². The molecule has 0 amide bonds. The molecule has 4 heteroatoms. The predicted molar refractivity (Wildman–Crippen MR) is 108 cm³/mol. The second kappa shape index (κ2) is 6.19. The van der Waals surface area contributed by atoms with Crippen molar-refractivity contribution in [1.82, 2.24) is 4.98 Å². The molecule has 1 N–H and O–H groups in total. The van der Waals surface area contributed by atoms with Crippen molar-refractivity contribution in [2.75, 3.05) is 0 Å². The molecule has 0 unspecified atom stereocenters. The fourth-order valence-electron chi connectivity index (χ4n) is 3.18. The Morgan fingerprint density at radius 2 is 1.92 bits per heavy atom. The van der Waals surface area contributed by atoms with E-state index in [4.69, 9.17) is 0 Å². The monoisotopic (exact) mass is 347 g/mol. The number of rotatable bonds is 2. The average molecular weight is 347 g/mol. The predicted octanol–water partition coefficient (Wildman–Crippen LogP) is 5.57. The maximum absolute atomic E-state index is 4.57. The van der Waals surface area contributed by atoms with Crippen LogP contribution in [0.4, 0.5) is 0 Å². The number of benzene rings is 2. The van der Waals surface area contributed by atoms with Gasteiger partial charge in [-0.25, -0.2) is 0 Å². The van der Waals surface area contributed by atoms with Gasteiger partial charge in [0, 0.05) is 27.0 Å². The van der Waals surface area contributed by atoms with Crippen molar-refractivity contribution in [2.24, 2.45) is 10.2 Å². The molecule has 0 radical (unpaired) electrons. The van der Waals surface area contributed by atoms with Crippen LogP contribution in [0.3, 0.4) is 0 Å². The maximum atomic E-state index is 4.57. The fourth-order valence-corrected chi connectivity index (χ4v) is 4.50. The summed E-state index contributed by atoms with van der Waals surface area (Å²) < 4.78 is 0.104. The zero-order chi connectivity index (χ0) is 17.4. The molecule has 2 heterocycles. The average Bonchev–Trinajstić information content (AvgIpc) is 2.93. The van der Waals surface area contributed by atoms with E-state index in [2.05, 4.69) is 54.2 Å². The third-order valence-electron chi connectivity index (χ3n) is 4.35. The van der Waals surface area contributed by atoms with Gasteiger partial charge in [-0.1, -0.05) is 42.0 Å². The lowest BCUT2D eigenvalue weighted by atomic mass is 10.0. The van der Waals surface area contributed by atoms with Crippen molar-refractivity contribution in [3.63, 3.8) is 0 Å². The summed E-state index contributed by atoms with van der Waals surface area (Å²) in [6.07, 6.45) is 2.71. The number of hydrogen-bond acceptors (Lipinski definition) is 3. The number of aromatic nitrogens is 1. The highest BCUT2D eigenvalue weighted by Gasteiger charge is 2.33. The van der Waals surface area contributed by atoms with E-state index in [1.165, 1.54) is 21.4 Å². The molecule has 25 heavy (non-hydrogen) atoms. The summed E-state index contributed by atoms with van der Waals surface area (Å²) in [5, 5.41) is 10.2. The summed E-state index contributed by atoms with van der Waals surface area (Å²) in [6.45, 7) is 6.67. The lowest BCUT2D eigenvalue weighted by Gasteiger charge is -2.29. The number of nitrogens with one attached hydrogen (secondary N) is 1. The lowest BCUT2D eigenvalue weighted by Crippen LogP contribution is -2.25. The molecule has 0 saturated heterocycles. The first-order chi connectivity index (χ1) is 12.0. The fraction of sp³-hybridized carbons (Fsp3) is 0.238. The number of H-pyrrole nitrogens is 1. The molecule has 3 nitrogen and oxygen atoms in total. The Labute approximate surface area is 152 Å². The molecule has 0 saturated carbocycles. The number of fused-ring (bicyclic) bond motifs is 3. The first kappa shape index (κ1) is 16.2. The summed E-state index contributed by atoms with van der Waals surface area (Å²) in [5.74, 6) is 0. The van der Waals surface area contributed by atoms with Gasteiger partial charge in [-0.3, -0.25) is 0 Å². The molecule has 0 atom stereocenters. The van der Waals surface area contributed by atoms with E-state index < -0.39 is 0 Å². The molecule has 0 spiro atoms. The van der Waals surface area contributed by atoms with E-state index in [0.717, 1.165) is 23.4 Å². The van der Waals surface area contributed by atoms with Crippen molar-refractivity contribution < 1.29 is 0 Å². The highest BCUT2D eigenvalue weighted by Crippen LogP contribution is 2.46. The standard InChI is InChI=1S/C21H21N3S/c1-14-9-10-17-16(11-14)20-19(23-17)18(12-21(2,3)25-20)24-22-13-15-7-5-4-6-8-15/h4-11,13,23H,12H2,1-3H3/b22-13?,24-18+. The molecule has 1 aliphatic rings. The zero-order valence-electron chi connectivity index (χ0n) is 14.7. The summed E-state index contributed by atoms with van der Waals surface area (Å²) in [7, 11) is 0. The van der Waals surface area contributed by atoms with Crippen LogP contribution in [-0.2, 0) is 0 Å². The van der Waals surface area contributed by atoms with E-state index >= 15 is 0 Å². The number of nitrogens with zero attached hydrogens (tertiary/aromatic N) is 2. The number of thioether (sulfide) groups is 1. The SMILES string of the molecule is Cc1ccc2[nH]c3c(c2c1)SC(C)(C)C/C3=N\N=Cc1ccccc1. The zero-order valence-corrected chi connectivity index (χ0v) is 15.5. The largest absolute Gasteiger partial charge is 0.353 e. The van der Waals surface area contributed by atoms with Gasteiger partial charge >= 0.3 is 0 Å². The molecule has 4 rings (SSSR count). The van der Waals surface area contributed by atoms with Gasteiger partial charge in [0.2, 0.25) is 0 Å². The Morgan fingerprint density at radius 1 is 1.12 bits per heavy atom. The minimum atomic E-state index is 0.104. The van der Waals surface area contributed by atoms with Crippen LogP contribution >= 0.6 is 11.8 Å². The Kier molecular flexibility index (Phi) is 4.00. The number of aromatic amines is 1. The van der Waals surface area contributed by atoms with Crippen LogP contribution < -0.4 is 0 Å². The van der Waals surface area contributed by atoms with Crippen molar-refractivity contribution in [3.8, 4) is 0 Å². The molecule has 0 aliphatic carbocycles. The van der Waals surface area contributed by atoms with Crippen molar-refractivity contribution in [3.05, 3.63) is 65.4 Å². The third kappa shape index (κ3) is 3.27. The maximum Gasteiger partial charge on any atom is 0.0890 e. The van der Waals surface area contributed by atoms with Crippen molar-refractivity contribution in [2.45, 2.75) is 36.8 Å². The van der Waals surface area contributed by atoms with Gasteiger partial charge in [0.05, 0.1) is 17.6 Å². The number of aryl methyl sites for hydroxylation is 1. The van der Waals surface area contributed by atoms with Crippen LogP contribution in [0.15, 0.2) is 63.6 Å². The van der Waals surface area contributed by atoms with Gasteiger partial charge in [-0.2, -0.15) is 10.2 Å². The lowest BCUT2D eigenvalue weighted by molar-refractivity contribution is 0.737. The van der Waals surface area contributed by atoms with Crippen LogP contribution in [0.25, 0.3) is 10.9 Å². The Hall–Kier alpha value is -2.33. The molecule has 0 fully saturated rings. The van der Waals surface area contributed by atoms with Crippen LogP contribution in [0, 0.1) is 6.92 Å². The van der Waals surface area contributed by atoms with E-state index in [0.29, 0.717) is 0 Å². The van der Waals surface area contributed by atoms with Crippen LogP contribution in [-0.4, -0.2) is 21.7 Å². The molecule has 0 bridgehead atoms. The quantitative estimate of drug-likeness (QED) is 0.477. The van der Waals surface area contributed by atoms with E-state index in [1.54, 1.807) is 0 Å². The topological polar surface area (TPSA) is 40.5 Å². The smallest absolute Gasteiger partial charge is 0.0890 e. The highest BCUT2D eigenvalue weighted by molar-refractivity contribution is 8.01. The molecular formula is C21H21N3S. The second-order valence-corrected chi connectivity index (χ2v) is 8.84. The van der Waals surface area contributed by atoms with Crippen molar-refractivity contribution in [1.29, 1.82) is 0 Å². The first-order valence-electron chi connectivity index (χ1n) is 8.48. The number of hydrogen-bond donors (Lipinski definition) is 1. The van der Waals surface area contributed by atoms with E-state index in [9.17, 15) is 0 Å². The Bertz CT molecular complexity index is 981. The van der Waals surface area contributed by atoms with Gasteiger partial charge in [-0.15, -0.1) is 11.8 Å². The van der Waals surface area contributed by atoms with Gasteiger partial charge in [0.25, 0.3) is 0 Å². The van der Waals surface area contributed by atoms with Crippen LogP contribution in [0.1, 0.15) is 37.1 Å². The highest BCUT2D eigenvalue weighted by atomic mass is 32.2. The molecule has 2 aromatic carbocycles. The van der Waals surface area contributed by atoms with E-state index in [1.807, 2.05) is 48.3 Å². The Morgan fingerprint density at radius 3 is 2.72 bits per heavy atom. The summed E-state index contributed by atoms with van der Waals surface area (Å²) >= 11 is 1.93. The first-order valence-corrected chi connectivity index (χ1v) is 9.30. The molecule has 3 aromatic rings. The van der Waals surface area contributed by atoms with Gasteiger partial charge in [0.1, 0.15) is 0 Å². The summed E-state index contributed by atoms with van der Waals surface area (Å²) in [4.78, 5) is 4.85. The summed E-state index contributed by atoms with van der Waals surface area (Å²) in [6, 6.07) is 16.6. The van der Waals surface area contributed by atoms with Gasteiger partial charge in [0.15, 0.2) is 0 Å². The summed E-state index contributed by atoms with van der Waals surface area (Å²) in [5.41, 5.74) is 5.65.